The predicted molar refractivity (Wildman–Crippen MR) is 80.8 cm³/mol. The Morgan fingerprint density at radius 1 is 1.20 bits per heavy atom. The fourth-order valence-electron chi connectivity index (χ4n) is 1.95. The molecule has 0 unspecified atom stereocenters. The van der Waals surface area contributed by atoms with Gasteiger partial charge in [-0.2, -0.15) is 5.10 Å². The number of nitrogens with zero attached hydrogens (tertiary/aromatic N) is 2. The van der Waals surface area contributed by atoms with Gasteiger partial charge in [0.2, 0.25) is 0 Å². The van der Waals surface area contributed by atoms with Gasteiger partial charge in [-0.05, 0) is 31.2 Å². The molecule has 1 aromatic carbocycles. The van der Waals surface area contributed by atoms with Crippen LogP contribution in [-0.4, -0.2) is 22.9 Å². The molecule has 20 heavy (non-hydrogen) atoms. The molecule has 0 amide bonds. The third kappa shape index (κ3) is 5.05. The summed E-state index contributed by atoms with van der Waals surface area (Å²) in [7, 11) is 0. The number of aromatic nitrogens is 2. The Morgan fingerprint density at radius 2 is 2.05 bits per heavy atom. The minimum Gasteiger partial charge on any atom is -0.494 e. The smallest absolute Gasteiger partial charge is 0.119 e. The van der Waals surface area contributed by atoms with Gasteiger partial charge in [-0.25, -0.2) is 0 Å². The fourth-order valence-corrected chi connectivity index (χ4v) is 1.95. The highest BCUT2D eigenvalue weighted by atomic mass is 16.5. The van der Waals surface area contributed by atoms with E-state index in [9.17, 15) is 0 Å². The summed E-state index contributed by atoms with van der Waals surface area (Å²) in [5.74, 6) is 0.928. The van der Waals surface area contributed by atoms with Crippen LogP contribution >= 0.6 is 0 Å². The first-order valence-electron chi connectivity index (χ1n) is 7.29. The van der Waals surface area contributed by atoms with Gasteiger partial charge in [-0.15, -0.1) is 0 Å². The summed E-state index contributed by atoms with van der Waals surface area (Å²) in [6.45, 7) is 5.66. The molecular weight excluding hydrogens is 250 g/mol. The normalized spacial score (nSPS) is 10.7. The van der Waals surface area contributed by atoms with Crippen molar-refractivity contribution >= 4 is 0 Å². The first-order valence-corrected chi connectivity index (χ1v) is 7.29. The number of hydrogen-bond donors (Lipinski definition) is 1. The zero-order chi connectivity index (χ0) is 14.0. The summed E-state index contributed by atoms with van der Waals surface area (Å²) in [5, 5.41) is 7.88. The topological polar surface area (TPSA) is 39.1 Å². The van der Waals surface area contributed by atoms with Gasteiger partial charge in [0.05, 0.1) is 12.3 Å². The first-order chi connectivity index (χ1) is 9.88. The SMILES string of the molecule is CCCNCc1ccn(CCCOc2ccccc2)n1. The number of hydrogen-bond acceptors (Lipinski definition) is 3. The van der Waals surface area contributed by atoms with Crippen molar-refractivity contribution in [1.82, 2.24) is 15.1 Å². The van der Waals surface area contributed by atoms with Crippen molar-refractivity contribution in [3.05, 3.63) is 48.3 Å². The molecule has 0 radical (unpaired) electrons. The summed E-state index contributed by atoms with van der Waals surface area (Å²) in [6, 6.07) is 12.0. The zero-order valence-corrected chi connectivity index (χ0v) is 12.1. The van der Waals surface area contributed by atoms with Gasteiger partial charge in [0.1, 0.15) is 5.75 Å². The van der Waals surface area contributed by atoms with Crippen LogP contribution in [0.15, 0.2) is 42.6 Å². The maximum Gasteiger partial charge on any atom is 0.119 e. The monoisotopic (exact) mass is 273 g/mol. The van der Waals surface area contributed by atoms with E-state index < -0.39 is 0 Å². The van der Waals surface area contributed by atoms with Crippen LogP contribution in [0.5, 0.6) is 5.75 Å². The van der Waals surface area contributed by atoms with Crippen LogP contribution in [0.2, 0.25) is 0 Å². The lowest BCUT2D eigenvalue weighted by atomic mass is 10.3. The number of nitrogens with one attached hydrogen (secondary N) is 1. The molecule has 1 aromatic heterocycles. The molecule has 0 aliphatic rings. The summed E-state index contributed by atoms with van der Waals surface area (Å²) in [5.41, 5.74) is 1.10. The van der Waals surface area contributed by atoms with Gasteiger partial charge in [0, 0.05) is 25.7 Å². The van der Waals surface area contributed by atoms with Crippen molar-refractivity contribution in [2.45, 2.75) is 32.9 Å². The molecule has 4 nitrogen and oxygen atoms in total. The highest BCUT2D eigenvalue weighted by molar-refractivity contribution is 5.20. The number of rotatable bonds is 9. The predicted octanol–water partition coefficient (Wildman–Crippen LogP) is 2.85. The average Bonchev–Trinajstić information content (AvgIpc) is 2.93. The van der Waals surface area contributed by atoms with Crippen LogP contribution < -0.4 is 10.1 Å². The molecule has 0 fully saturated rings. The van der Waals surface area contributed by atoms with Crippen molar-refractivity contribution in [3.8, 4) is 5.75 Å². The van der Waals surface area contributed by atoms with E-state index in [-0.39, 0.29) is 0 Å². The molecule has 2 rings (SSSR count). The van der Waals surface area contributed by atoms with Crippen molar-refractivity contribution in [2.24, 2.45) is 0 Å². The molecule has 0 saturated carbocycles. The van der Waals surface area contributed by atoms with E-state index >= 15 is 0 Å². The van der Waals surface area contributed by atoms with Crippen LogP contribution in [0.25, 0.3) is 0 Å². The molecule has 0 bridgehead atoms. The van der Waals surface area contributed by atoms with Gasteiger partial charge in [-0.1, -0.05) is 25.1 Å². The Bertz CT molecular complexity index is 481. The summed E-state index contributed by atoms with van der Waals surface area (Å²) in [4.78, 5) is 0. The van der Waals surface area contributed by atoms with Gasteiger partial charge < -0.3 is 10.1 Å². The fraction of sp³-hybridized carbons (Fsp3) is 0.438. The Balaban J connectivity index is 1.64. The third-order valence-electron chi connectivity index (χ3n) is 2.97. The standard InChI is InChI=1S/C16H23N3O/c1-2-10-17-14-15-9-12-19(18-15)11-6-13-20-16-7-4-3-5-8-16/h3-5,7-9,12,17H,2,6,10-11,13-14H2,1H3. The van der Waals surface area contributed by atoms with Gasteiger partial charge in [0.25, 0.3) is 0 Å². The molecular formula is C16H23N3O. The van der Waals surface area contributed by atoms with E-state index in [0.717, 1.165) is 43.9 Å². The minimum atomic E-state index is 0.716. The van der Waals surface area contributed by atoms with Crippen molar-refractivity contribution in [2.75, 3.05) is 13.2 Å². The second-order valence-corrected chi connectivity index (χ2v) is 4.76. The van der Waals surface area contributed by atoms with E-state index in [2.05, 4.69) is 23.4 Å². The number of benzene rings is 1. The molecule has 0 aliphatic heterocycles. The largest absolute Gasteiger partial charge is 0.494 e. The molecule has 4 heteroatoms. The van der Waals surface area contributed by atoms with E-state index in [1.54, 1.807) is 0 Å². The van der Waals surface area contributed by atoms with Crippen molar-refractivity contribution < 1.29 is 4.74 Å². The third-order valence-corrected chi connectivity index (χ3v) is 2.97. The van der Waals surface area contributed by atoms with Crippen LogP contribution in [0, 0.1) is 0 Å². The zero-order valence-electron chi connectivity index (χ0n) is 12.1. The van der Waals surface area contributed by atoms with Gasteiger partial charge in [0.15, 0.2) is 0 Å². The first kappa shape index (κ1) is 14.6. The molecule has 1 heterocycles. The van der Waals surface area contributed by atoms with E-state index in [1.807, 2.05) is 41.2 Å². The van der Waals surface area contributed by atoms with E-state index in [0.29, 0.717) is 6.61 Å². The highest BCUT2D eigenvalue weighted by Gasteiger charge is 1.99. The van der Waals surface area contributed by atoms with E-state index in [4.69, 9.17) is 4.74 Å². The van der Waals surface area contributed by atoms with Crippen LogP contribution in [0.4, 0.5) is 0 Å². The lowest BCUT2D eigenvalue weighted by molar-refractivity contribution is 0.298. The van der Waals surface area contributed by atoms with E-state index in [1.165, 1.54) is 0 Å². The molecule has 0 aliphatic carbocycles. The molecule has 0 atom stereocenters. The molecule has 0 spiro atoms. The number of para-hydroxylation sites is 1. The van der Waals surface area contributed by atoms with Gasteiger partial charge >= 0.3 is 0 Å². The Kier molecular flexibility index (Phi) is 6.11. The highest BCUT2D eigenvalue weighted by Crippen LogP contribution is 2.08. The Morgan fingerprint density at radius 3 is 2.85 bits per heavy atom. The van der Waals surface area contributed by atoms with Crippen LogP contribution in [-0.2, 0) is 13.1 Å². The maximum atomic E-state index is 5.66. The second kappa shape index (κ2) is 8.38. The average molecular weight is 273 g/mol. The number of aryl methyl sites for hydroxylation is 1. The summed E-state index contributed by atoms with van der Waals surface area (Å²) < 4.78 is 7.64. The minimum absolute atomic E-state index is 0.716. The Hall–Kier alpha value is -1.81. The molecule has 2 aromatic rings. The van der Waals surface area contributed by atoms with Gasteiger partial charge in [-0.3, -0.25) is 4.68 Å². The lowest BCUT2D eigenvalue weighted by Crippen LogP contribution is -2.14. The molecule has 1 N–H and O–H groups in total. The second-order valence-electron chi connectivity index (χ2n) is 4.76. The summed E-state index contributed by atoms with van der Waals surface area (Å²) >= 11 is 0. The maximum absolute atomic E-state index is 5.66. The van der Waals surface area contributed by atoms with Crippen molar-refractivity contribution in [3.63, 3.8) is 0 Å². The van der Waals surface area contributed by atoms with Crippen LogP contribution in [0.1, 0.15) is 25.5 Å². The lowest BCUT2D eigenvalue weighted by Gasteiger charge is -2.06. The van der Waals surface area contributed by atoms with Crippen LogP contribution in [0.3, 0.4) is 0 Å². The van der Waals surface area contributed by atoms with Crippen molar-refractivity contribution in [1.29, 1.82) is 0 Å². The quantitative estimate of drug-likeness (QED) is 0.714. The summed E-state index contributed by atoms with van der Waals surface area (Å²) in [6.07, 6.45) is 4.14. The number of ether oxygens (including phenoxy) is 1. The Labute approximate surface area is 120 Å². The molecule has 108 valence electrons. The molecule has 0 saturated heterocycles.